The van der Waals surface area contributed by atoms with Gasteiger partial charge in [-0.3, -0.25) is 25.0 Å². The van der Waals surface area contributed by atoms with Gasteiger partial charge in [-0.2, -0.15) is 0 Å². The molecular weight excluding hydrogens is 541 g/mol. The first kappa shape index (κ1) is 27.1. The zero-order valence-electron chi connectivity index (χ0n) is 21.9. The molecule has 2 N–H and O–H groups in total. The Labute approximate surface area is 236 Å². The third kappa shape index (κ3) is 5.51. The molecule has 0 aliphatic carbocycles. The van der Waals surface area contributed by atoms with Crippen LogP contribution in [0.4, 0.5) is 5.95 Å². The first-order valence-electron chi connectivity index (χ1n) is 12.6. The summed E-state index contributed by atoms with van der Waals surface area (Å²) in [5.74, 6) is 0.789. The van der Waals surface area contributed by atoms with Crippen LogP contribution < -0.4 is 14.8 Å². The minimum absolute atomic E-state index is 0.298. The number of benzene rings is 2. The fraction of sp³-hybridized carbons (Fsp3) is 0.333. The van der Waals surface area contributed by atoms with E-state index in [4.69, 9.17) is 32.7 Å². The fourth-order valence-electron chi connectivity index (χ4n) is 4.74. The molecule has 1 aliphatic rings. The van der Waals surface area contributed by atoms with Crippen LogP contribution in [0.3, 0.4) is 0 Å². The summed E-state index contributed by atoms with van der Waals surface area (Å²) in [6.07, 6.45) is 4.90. The molecule has 1 fully saturated rings. The molecule has 39 heavy (non-hydrogen) atoms. The quantitative estimate of drug-likeness (QED) is 0.313. The Morgan fingerprint density at radius 3 is 2.28 bits per heavy atom. The number of fused-ring (bicyclic) bond motifs is 1. The molecule has 0 unspecified atom stereocenters. The molecule has 12 heteroatoms. The van der Waals surface area contributed by atoms with Gasteiger partial charge in [0.2, 0.25) is 5.95 Å². The number of anilines is 1. The lowest BCUT2D eigenvalue weighted by Crippen LogP contribution is -2.45. The Hall–Kier alpha value is -3.44. The van der Waals surface area contributed by atoms with Crippen LogP contribution in [0.2, 0.25) is 10.0 Å². The van der Waals surface area contributed by atoms with Gasteiger partial charge in [0.1, 0.15) is 17.0 Å². The van der Waals surface area contributed by atoms with E-state index in [2.05, 4.69) is 42.0 Å². The first-order chi connectivity index (χ1) is 18.9. The second kappa shape index (κ2) is 11.7. The Balaban J connectivity index is 1.41. The highest BCUT2D eigenvalue weighted by Gasteiger charge is 2.24. The van der Waals surface area contributed by atoms with E-state index < -0.39 is 0 Å². The molecule has 3 heterocycles. The van der Waals surface area contributed by atoms with Gasteiger partial charge in [0.15, 0.2) is 0 Å². The minimum Gasteiger partial charge on any atom is -0.495 e. The number of carbonyl (C=O) groups excluding carboxylic acids is 1. The van der Waals surface area contributed by atoms with Crippen LogP contribution in [-0.4, -0.2) is 82.6 Å². The number of aromatic nitrogens is 4. The van der Waals surface area contributed by atoms with E-state index in [1.165, 1.54) is 20.4 Å². The molecule has 10 nitrogen and oxygen atoms in total. The predicted octanol–water partition coefficient (Wildman–Crippen LogP) is 4.73. The molecule has 2 aromatic heterocycles. The summed E-state index contributed by atoms with van der Waals surface area (Å²) in [6.45, 7) is 8.06. The van der Waals surface area contributed by atoms with Crippen LogP contribution in [-0.2, 0) is 6.54 Å². The fourth-order valence-corrected chi connectivity index (χ4v) is 5.44. The van der Waals surface area contributed by atoms with E-state index in [1.54, 1.807) is 24.4 Å². The Morgan fingerprint density at radius 1 is 1.00 bits per heavy atom. The number of nitrogens with zero attached hydrogens (tertiary/aromatic N) is 5. The number of likely N-dealkylation sites (N-methyl/N-ethyl adjacent to an activating group) is 1. The average molecular weight is 570 g/mol. The Kier molecular flexibility index (Phi) is 8.18. The number of aromatic amines is 1. The van der Waals surface area contributed by atoms with Crippen LogP contribution in [0.5, 0.6) is 11.5 Å². The molecule has 4 aromatic rings. The number of carbonyl (C=O) groups is 1. The highest BCUT2D eigenvalue weighted by Crippen LogP contribution is 2.47. The van der Waals surface area contributed by atoms with E-state index in [1.807, 2.05) is 6.20 Å². The van der Waals surface area contributed by atoms with Gasteiger partial charge in [0.25, 0.3) is 5.91 Å². The summed E-state index contributed by atoms with van der Waals surface area (Å²) in [5.41, 5.74) is 3.11. The molecule has 1 saturated heterocycles. The maximum atomic E-state index is 13.3. The lowest BCUT2D eigenvalue weighted by atomic mass is 9.99. The number of halogens is 2. The van der Waals surface area contributed by atoms with Gasteiger partial charge in [0.05, 0.1) is 41.0 Å². The SMILES string of the molecule is CCN1CCN(Cc2c[nH]c(NC(=O)c3ccc(-c4c(Cl)c(OC)cc(OC)c4Cl)c4nccnc34)n2)CC1. The maximum Gasteiger partial charge on any atom is 0.260 e. The van der Waals surface area contributed by atoms with E-state index in [-0.39, 0.29) is 5.91 Å². The van der Waals surface area contributed by atoms with Gasteiger partial charge in [-0.15, -0.1) is 0 Å². The second-order valence-corrected chi connectivity index (χ2v) is 9.86. The van der Waals surface area contributed by atoms with Gasteiger partial charge in [-0.1, -0.05) is 36.2 Å². The Morgan fingerprint density at radius 2 is 1.64 bits per heavy atom. The third-order valence-corrected chi connectivity index (χ3v) is 7.62. The standard InChI is InChI=1S/C27H29Cl2N7O3/c1-4-35-9-11-36(12-10-35)15-16-14-32-27(33-16)34-26(37)18-6-5-17(24-25(18)31-8-7-30-24)21-22(28)19(38-2)13-20(39-3)23(21)29/h5-8,13-14H,4,9-12,15H2,1-3H3,(H2,32,33,34,37). The summed E-state index contributed by atoms with van der Waals surface area (Å²) in [4.78, 5) is 34.7. The number of nitrogens with one attached hydrogen (secondary N) is 2. The monoisotopic (exact) mass is 569 g/mol. The number of rotatable bonds is 8. The molecule has 0 atom stereocenters. The van der Waals surface area contributed by atoms with Gasteiger partial charge in [-0.05, 0) is 12.6 Å². The largest absolute Gasteiger partial charge is 0.495 e. The van der Waals surface area contributed by atoms with E-state index in [0.717, 1.165) is 45.0 Å². The van der Waals surface area contributed by atoms with Gasteiger partial charge < -0.3 is 19.4 Å². The molecular formula is C27H29Cl2N7O3. The van der Waals surface area contributed by atoms with Crippen molar-refractivity contribution in [2.45, 2.75) is 13.5 Å². The van der Waals surface area contributed by atoms with Crippen molar-refractivity contribution in [1.82, 2.24) is 29.7 Å². The van der Waals surface area contributed by atoms with Crippen LogP contribution in [0.15, 0.2) is 36.8 Å². The number of hydrogen-bond donors (Lipinski definition) is 2. The summed E-state index contributed by atoms with van der Waals surface area (Å²) in [7, 11) is 3.02. The van der Waals surface area contributed by atoms with Crippen LogP contribution in [0.1, 0.15) is 23.0 Å². The molecule has 5 rings (SSSR count). The second-order valence-electron chi connectivity index (χ2n) is 9.10. The van der Waals surface area contributed by atoms with Crippen molar-refractivity contribution in [2.75, 3.05) is 52.3 Å². The molecule has 1 amide bonds. The van der Waals surface area contributed by atoms with Crippen molar-refractivity contribution < 1.29 is 14.3 Å². The van der Waals surface area contributed by atoms with Gasteiger partial charge in [0, 0.05) is 68.5 Å². The molecule has 0 saturated carbocycles. The molecule has 0 radical (unpaired) electrons. The summed E-state index contributed by atoms with van der Waals surface area (Å²) >= 11 is 13.3. The van der Waals surface area contributed by atoms with Crippen molar-refractivity contribution >= 4 is 46.1 Å². The number of amides is 1. The van der Waals surface area contributed by atoms with Crippen LogP contribution in [0.25, 0.3) is 22.2 Å². The summed E-state index contributed by atoms with van der Waals surface area (Å²) in [5, 5.41) is 3.45. The van der Waals surface area contributed by atoms with Crippen molar-refractivity contribution in [2.24, 2.45) is 0 Å². The Bertz CT molecular complexity index is 1470. The lowest BCUT2D eigenvalue weighted by Gasteiger charge is -2.33. The average Bonchev–Trinajstić information content (AvgIpc) is 3.40. The highest BCUT2D eigenvalue weighted by atomic mass is 35.5. The van der Waals surface area contributed by atoms with E-state index in [9.17, 15) is 4.79 Å². The van der Waals surface area contributed by atoms with Crippen molar-refractivity contribution in [1.29, 1.82) is 0 Å². The molecule has 1 aliphatic heterocycles. The van der Waals surface area contributed by atoms with Crippen molar-refractivity contribution in [3.05, 3.63) is 58.1 Å². The number of hydrogen-bond acceptors (Lipinski definition) is 8. The normalized spacial score (nSPS) is 14.5. The molecule has 0 spiro atoms. The third-order valence-electron chi connectivity index (χ3n) is 6.87. The van der Waals surface area contributed by atoms with E-state index in [0.29, 0.717) is 55.2 Å². The lowest BCUT2D eigenvalue weighted by molar-refractivity contribution is 0.102. The zero-order valence-corrected chi connectivity index (χ0v) is 23.4. The maximum absolute atomic E-state index is 13.3. The van der Waals surface area contributed by atoms with Gasteiger partial charge >= 0.3 is 0 Å². The number of methoxy groups -OCH3 is 2. The number of imidazole rings is 1. The van der Waals surface area contributed by atoms with E-state index >= 15 is 0 Å². The molecule has 2 aromatic carbocycles. The predicted molar refractivity (Wildman–Crippen MR) is 152 cm³/mol. The summed E-state index contributed by atoms with van der Waals surface area (Å²) < 4.78 is 10.8. The number of ether oxygens (including phenoxy) is 2. The van der Waals surface area contributed by atoms with Crippen LogP contribution >= 0.6 is 23.2 Å². The molecule has 204 valence electrons. The van der Waals surface area contributed by atoms with Crippen LogP contribution in [0, 0.1) is 0 Å². The topological polar surface area (TPSA) is 108 Å². The highest BCUT2D eigenvalue weighted by molar-refractivity contribution is 6.41. The minimum atomic E-state index is -0.370. The van der Waals surface area contributed by atoms with Crippen molar-refractivity contribution in [3.63, 3.8) is 0 Å². The number of piperazine rings is 1. The van der Waals surface area contributed by atoms with Gasteiger partial charge in [-0.25, -0.2) is 4.98 Å². The number of H-pyrrole nitrogens is 1. The smallest absolute Gasteiger partial charge is 0.260 e. The summed E-state index contributed by atoms with van der Waals surface area (Å²) in [6, 6.07) is 5.02. The van der Waals surface area contributed by atoms with Crippen molar-refractivity contribution in [3.8, 4) is 22.6 Å². The first-order valence-corrected chi connectivity index (χ1v) is 13.3. The molecule has 0 bridgehead atoms. The zero-order chi connectivity index (χ0) is 27.5.